The summed E-state index contributed by atoms with van der Waals surface area (Å²) < 4.78 is 41.6. The number of aromatic nitrogens is 1. The van der Waals surface area contributed by atoms with Crippen molar-refractivity contribution in [2.75, 3.05) is 13.6 Å². The molecule has 2 heterocycles. The first kappa shape index (κ1) is 20.9. The van der Waals surface area contributed by atoms with Crippen molar-refractivity contribution in [3.05, 3.63) is 59.4 Å². The smallest absolute Gasteiger partial charge is 0.243 e. The number of rotatable bonds is 5. The first-order valence-electron chi connectivity index (χ1n) is 9.68. The molecule has 0 radical (unpaired) electrons. The van der Waals surface area contributed by atoms with E-state index in [2.05, 4.69) is 4.98 Å². The zero-order valence-corrected chi connectivity index (χ0v) is 18.3. The molecule has 1 aromatic heterocycles. The highest BCUT2D eigenvalue weighted by molar-refractivity contribution is 7.89. The maximum absolute atomic E-state index is 13.3. The van der Waals surface area contributed by atoms with Crippen molar-refractivity contribution >= 4 is 37.5 Å². The number of halogens is 1. The number of carbonyl (C=O) groups is 1. The number of sulfonamides is 1. The highest BCUT2D eigenvalue weighted by Gasteiger charge is 2.41. The first-order valence-corrected chi connectivity index (χ1v) is 11.9. The van der Waals surface area contributed by atoms with Crippen LogP contribution in [0, 0.1) is 5.82 Å². The summed E-state index contributed by atoms with van der Waals surface area (Å²) in [5, 5.41) is 0.804. The van der Waals surface area contributed by atoms with Gasteiger partial charge in [0.05, 0.1) is 21.2 Å². The van der Waals surface area contributed by atoms with Crippen molar-refractivity contribution in [3.8, 4) is 0 Å². The number of amides is 1. The Morgan fingerprint density at radius 2 is 1.93 bits per heavy atom. The quantitative estimate of drug-likeness (QED) is 0.596. The third-order valence-electron chi connectivity index (χ3n) is 5.51. The fourth-order valence-electron chi connectivity index (χ4n) is 3.68. The lowest BCUT2D eigenvalue weighted by Gasteiger charge is -2.30. The predicted molar refractivity (Wildman–Crippen MR) is 114 cm³/mol. The van der Waals surface area contributed by atoms with E-state index in [1.807, 2.05) is 31.2 Å². The minimum atomic E-state index is -3.89. The molecular weight excluding hydrogens is 425 g/mol. The zero-order chi connectivity index (χ0) is 21.5. The predicted octanol–water partition coefficient (Wildman–Crippen LogP) is 3.81. The number of thiazole rings is 1. The van der Waals surface area contributed by atoms with E-state index in [9.17, 15) is 17.6 Å². The van der Waals surface area contributed by atoms with E-state index < -0.39 is 21.9 Å². The Labute approximate surface area is 179 Å². The Balaban J connectivity index is 1.57. The number of hydrogen-bond acceptors (Lipinski definition) is 5. The molecule has 1 fully saturated rings. The van der Waals surface area contributed by atoms with Crippen LogP contribution >= 0.6 is 11.3 Å². The summed E-state index contributed by atoms with van der Waals surface area (Å²) in [5.74, 6) is -0.766. The number of fused-ring (bicyclic) bond motifs is 1. The molecule has 2 atom stereocenters. The molecule has 6 nitrogen and oxygen atoms in total. The monoisotopic (exact) mass is 447 g/mol. The van der Waals surface area contributed by atoms with E-state index in [4.69, 9.17) is 0 Å². The van der Waals surface area contributed by atoms with Crippen LogP contribution in [0.4, 0.5) is 4.39 Å². The standard InChI is InChI=1S/C21H22FN3O3S2/c1-14(20-23-17-6-3-4-8-19(17)29-20)24(2)21(26)18-7-5-13-25(18)30(27,28)16-11-9-15(22)10-12-16/h3-4,6,8-12,14,18H,5,7,13H2,1-2H3/t14-,18+/m0/s1. The van der Waals surface area contributed by atoms with Crippen LogP contribution in [0.3, 0.4) is 0 Å². The molecule has 2 aromatic carbocycles. The van der Waals surface area contributed by atoms with Crippen LogP contribution in [0.25, 0.3) is 10.2 Å². The average Bonchev–Trinajstić information content (AvgIpc) is 3.40. The molecule has 1 saturated heterocycles. The number of benzene rings is 2. The molecule has 4 rings (SSSR count). The van der Waals surface area contributed by atoms with Crippen LogP contribution in [0.15, 0.2) is 53.4 Å². The molecule has 0 aliphatic carbocycles. The van der Waals surface area contributed by atoms with Crippen molar-refractivity contribution < 1.29 is 17.6 Å². The SMILES string of the molecule is C[C@@H](c1nc2ccccc2s1)N(C)C(=O)[C@H]1CCCN1S(=O)(=O)c1ccc(F)cc1. The van der Waals surface area contributed by atoms with Crippen molar-refractivity contribution in [2.24, 2.45) is 0 Å². The number of carbonyl (C=O) groups excluding carboxylic acids is 1. The summed E-state index contributed by atoms with van der Waals surface area (Å²) in [7, 11) is -2.21. The molecule has 1 amide bonds. The Morgan fingerprint density at radius 1 is 1.23 bits per heavy atom. The Morgan fingerprint density at radius 3 is 2.63 bits per heavy atom. The van der Waals surface area contributed by atoms with Crippen LogP contribution in [0.5, 0.6) is 0 Å². The maximum atomic E-state index is 13.3. The van der Waals surface area contributed by atoms with Gasteiger partial charge in [0.1, 0.15) is 16.9 Å². The van der Waals surface area contributed by atoms with Crippen molar-refractivity contribution in [1.29, 1.82) is 0 Å². The van der Waals surface area contributed by atoms with Gasteiger partial charge in [-0.05, 0) is 56.2 Å². The van der Waals surface area contributed by atoms with Gasteiger partial charge in [-0.2, -0.15) is 4.31 Å². The topological polar surface area (TPSA) is 70.6 Å². The lowest BCUT2D eigenvalue weighted by molar-refractivity contribution is -0.135. The second-order valence-corrected chi connectivity index (χ2v) is 10.3. The molecule has 0 spiro atoms. The van der Waals surface area contributed by atoms with Crippen LogP contribution in [0.1, 0.15) is 30.8 Å². The molecule has 30 heavy (non-hydrogen) atoms. The Bertz CT molecular complexity index is 1140. The lowest BCUT2D eigenvalue weighted by atomic mass is 10.2. The maximum Gasteiger partial charge on any atom is 0.243 e. The molecular formula is C21H22FN3O3S2. The van der Waals surface area contributed by atoms with Gasteiger partial charge in [-0.1, -0.05) is 12.1 Å². The molecule has 158 valence electrons. The molecule has 0 unspecified atom stereocenters. The Kier molecular flexibility index (Phi) is 5.61. The molecule has 9 heteroatoms. The van der Waals surface area contributed by atoms with Crippen LogP contribution in [-0.2, 0) is 14.8 Å². The summed E-state index contributed by atoms with van der Waals surface area (Å²) in [4.78, 5) is 19.4. The molecule has 1 aliphatic rings. The first-order chi connectivity index (χ1) is 14.3. The third-order valence-corrected chi connectivity index (χ3v) is 8.63. The molecule has 0 bridgehead atoms. The molecule has 0 saturated carbocycles. The van der Waals surface area contributed by atoms with Crippen molar-refractivity contribution in [3.63, 3.8) is 0 Å². The lowest BCUT2D eigenvalue weighted by Crippen LogP contribution is -2.47. The van der Waals surface area contributed by atoms with Gasteiger partial charge in [-0.3, -0.25) is 4.79 Å². The Hall–Kier alpha value is -2.36. The summed E-state index contributed by atoms with van der Waals surface area (Å²) in [5.41, 5.74) is 0.881. The largest absolute Gasteiger partial charge is 0.335 e. The molecule has 0 N–H and O–H groups in total. The average molecular weight is 448 g/mol. The van der Waals surface area contributed by atoms with Gasteiger partial charge >= 0.3 is 0 Å². The van der Waals surface area contributed by atoms with Crippen LogP contribution in [-0.4, -0.2) is 48.1 Å². The third kappa shape index (κ3) is 3.73. The minimum absolute atomic E-state index is 0.00882. The van der Waals surface area contributed by atoms with Crippen LogP contribution in [0.2, 0.25) is 0 Å². The summed E-state index contributed by atoms with van der Waals surface area (Å²) in [6.45, 7) is 2.16. The van der Waals surface area contributed by atoms with Crippen molar-refractivity contribution in [2.45, 2.75) is 36.7 Å². The van der Waals surface area contributed by atoms with E-state index in [-0.39, 0.29) is 23.4 Å². The van der Waals surface area contributed by atoms with Crippen LogP contribution < -0.4 is 0 Å². The van der Waals surface area contributed by atoms with E-state index >= 15 is 0 Å². The van der Waals surface area contributed by atoms with Gasteiger partial charge in [-0.15, -0.1) is 11.3 Å². The molecule has 3 aromatic rings. The van der Waals surface area contributed by atoms with Gasteiger partial charge in [0.2, 0.25) is 15.9 Å². The van der Waals surface area contributed by atoms with E-state index in [1.54, 1.807) is 11.9 Å². The van der Waals surface area contributed by atoms with Gasteiger partial charge in [0, 0.05) is 13.6 Å². The zero-order valence-electron chi connectivity index (χ0n) is 16.7. The van der Waals surface area contributed by atoms with Gasteiger partial charge in [0.15, 0.2) is 0 Å². The van der Waals surface area contributed by atoms with E-state index in [0.717, 1.165) is 27.4 Å². The van der Waals surface area contributed by atoms with E-state index in [0.29, 0.717) is 12.8 Å². The number of nitrogens with zero attached hydrogens (tertiary/aromatic N) is 3. The van der Waals surface area contributed by atoms with Gasteiger partial charge in [-0.25, -0.2) is 17.8 Å². The normalized spacial score (nSPS) is 18.6. The molecule has 1 aliphatic heterocycles. The van der Waals surface area contributed by atoms with E-state index in [1.165, 1.54) is 27.8 Å². The second-order valence-electron chi connectivity index (χ2n) is 7.37. The summed E-state index contributed by atoms with van der Waals surface area (Å²) in [6.07, 6.45) is 1.05. The summed E-state index contributed by atoms with van der Waals surface area (Å²) in [6, 6.07) is 11.4. The second kappa shape index (κ2) is 8.05. The number of hydrogen-bond donors (Lipinski definition) is 0. The summed E-state index contributed by atoms with van der Waals surface area (Å²) >= 11 is 1.53. The van der Waals surface area contributed by atoms with Gasteiger partial charge in [0.25, 0.3) is 0 Å². The highest BCUT2D eigenvalue weighted by atomic mass is 32.2. The highest BCUT2D eigenvalue weighted by Crippen LogP contribution is 2.32. The fraction of sp³-hybridized carbons (Fsp3) is 0.333. The van der Waals surface area contributed by atoms with Crippen molar-refractivity contribution in [1.82, 2.24) is 14.2 Å². The number of para-hydroxylation sites is 1. The number of likely N-dealkylation sites (N-methyl/N-ethyl adjacent to an activating group) is 1. The van der Waals surface area contributed by atoms with Gasteiger partial charge < -0.3 is 4.90 Å². The minimum Gasteiger partial charge on any atom is -0.335 e. The fourth-order valence-corrected chi connectivity index (χ4v) is 6.39.